The zero-order valence-corrected chi connectivity index (χ0v) is 11.6. The van der Waals surface area contributed by atoms with Crippen LogP contribution >= 0.6 is 22.7 Å². The monoisotopic (exact) mass is 264 g/mol. The van der Waals surface area contributed by atoms with Gasteiger partial charge in [-0.3, -0.25) is 4.79 Å². The van der Waals surface area contributed by atoms with Gasteiger partial charge >= 0.3 is 0 Å². The van der Waals surface area contributed by atoms with E-state index in [1.54, 1.807) is 22.7 Å². The van der Waals surface area contributed by atoms with Gasteiger partial charge in [-0.15, -0.1) is 22.7 Å². The number of Topliss-reactive ketones (excluding diaryl/α,β-unsaturated/α-hetero) is 1. The van der Waals surface area contributed by atoms with Gasteiger partial charge in [0.2, 0.25) is 0 Å². The molecule has 3 rings (SSSR count). The summed E-state index contributed by atoms with van der Waals surface area (Å²) in [7, 11) is 0. The van der Waals surface area contributed by atoms with Gasteiger partial charge in [-0.05, 0) is 36.3 Å². The molecule has 0 N–H and O–H groups in total. The van der Waals surface area contributed by atoms with Crippen molar-refractivity contribution in [1.82, 2.24) is 0 Å². The van der Waals surface area contributed by atoms with Gasteiger partial charge in [0.15, 0.2) is 5.78 Å². The Hall–Kier alpha value is -0.670. The molecule has 2 heterocycles. The van der Waals surface area contributed by atoms with Crippen molar-refractivity contribution >= 4 is 37.9 Å². The van der Waals surface area contributed by atoms with E-state index >= 15 is 0 Å². The normalized spacial score (nSPS) is 25.2. The van der Waals surface area contributed by atoms with Crippen LogP contribution in [0, 0.1) is 11.8 Å². The molecule has 1 nitrogen and oxygen atoms in total. The fraction of sp³-hybridized carbons (Fsp3) is 0.500. The lowest BCUT2D eigenvalue weighted by atomic mass is 9.80. The Labute approximate surface area is 109 Å². The van der Waals surface area contributed by atoms with Crippen LogP contribution in [0.5, 0.6) is 0 Å². The average Bonchev–Trinajstić information content (AvgIpc) is 2.88. The van der Waals surface area contributed by atoms with Gasteiger partial charge in [0.25, 0.3) is 0 Å². The predicted octanol–water partition coefficient (Wildman–Crippen LogP) is 4.97. The zero-order chi connectivity index (χ0) is 11.8. The molecular formula is C14H16OS2. The van der Waals surface area contributed by atoms with Gasteiger partial charge in [-0.2, -0.15) is 0 Å². The third-order valence-electron chi connectivity index (χ3n) is 3.69. The summed E-state index contributed by atoms with van der Waals surface area (Å²) in [5.41, 5.74) is 0. The maximum atomic E-state index is 12.4. The van der Waals surface area contributed by atoms with Crippen LogP contribution in [-0.2, 0) is 0 Å². The lowest BCUT2D eigenvalue weighted by Crippen LogP contribution is -2.21. The van der Waals surface area contributed by atoms with Crippen molar-refractivity contribution < 1.29 is 4.79 Å². The van der Waals surface area contributed by atoms with Gasteiger partial charge in [0.1, 0.15) is 0 Å². The summed E-state index contributed by atoms with van der Waals surface area (Å²) in [4.78, 5) is 13.4. The molecule has 2 aromatic rings. The second-order valence-corrected chi connectivity index (χ2v) is 7.12. The van der Waals surface area contributed by atoms with Crippen LogP contribution in [0.25, 0.3) is 9.40 Å². The summed E-state index contributed by atoms with van der Waals surface area (Å²) < 4.78 is 2.53. The van der Waals surface area contributed by atoms with Crippen molar-refractivity contribution in [3.8, 4) is 0 Å². The maximum absolute atomic E-state index is 12.4. The lowest BCUT2D eigenvalue weighted by molar-refractivity contribution is 0.0873. The minimum atomic E-state index is 0.284. The van der Waals surface area contributed by atoms with E-state index in [-0.39, 0.29) is 5.92 Å². The van der Waals surface area contributed by atoms with Crippen LogP contribution in [0.3, 0.4) is 0 Å². The van der Waals surface area contributed by atoms with Crippen LogP contribution in [-0.4, -0.2) is 5.78 Å². The van der Waals surface area contributed by atoms with Crippen LogP contribution in [0.4, 0.5) is 0 Å². The topological polar surface area (TPSA) is 17.1 Å². The highest BCUT2D eigenvalue weighted by Gasteiger charge is 2.26. The largest absolute Gasteiger partial charge is 0.293 e. The molecule has 0 saturated heterocycles. The second kappa shape index (κ2) is 4.54. The first-order valence-electron chi connectivity index (χ1n) is 6.25. The van der Waals surface area contributed by atoms with Gasteiger partial charge in [-0.1, -0.05) is 19.8 Å². The number of rotatable bonds is 2. The summed E-state index contributed by atoms with van der Waals surface area (Å²) in [5.74, 6) is 1.40. The van der Waals surface area contributed by atoms with Crippen molar-refractivity contribution in [2.45, 2.75) is 32.6 Å². The summed E-state index contributed by atoms with van der Waals surface area (Å²) in [6.45, 7) is 2.27. The Balaban J connectivity index is 1.83. The highest BCUT2D eigenvalue weighted by atomic mass is 32.1. The van der Waals surface area contributed by atoms with Crippen molar-refractivity contribution in [3.63, 3.8) is 0 Å². The number of thiophene rings is 2. The van der Waals surface area contributed by atoms with E-state index in [1.165, 1.54) is 22.2 Å². The highest BCUT2D eigenvalue weighted by Crippen LogP contribution is 2.35. The van der Waals surface area contributed by atoms with Crippen molar-refractivity contribution in [1.29, 1.82) is 0 Å². The van der Waals surface area contributed by atoms with Crippen LogP contribution in [0.1, 0.15) is 42.3 Å². The number of carbonyl (C=O) groups excluding carboxylic acids is 1. The first kappa shape index (κ1) is 11.4. The summed E-state index contributed by atoms with van der Waals surface area (Å²) in [6.07, 6.45) is 4.69. The van der Waals surface area contributed by atoms with Crippen molar-refractivity contribution in [2.75, 3.05) is 0 Å². The molecule has 0 radical (unpaired) electrons. The quantitative estimate of drug-likeness (QED) is 0.700. The number of hydrogen-bond acceptors (Lipinski definition) is 3. The van der Waals surface area contributed by atoms with Crippen LogP contribution in [0.15, 0.2) is 17.5 Å². The molecule has 1 aliphatic rings. The van der Waals surface area contributed by atoms with E-state index in [2.05, 4.69) is 24.4 Å². The molecule has 0 aliphatic heterocycles. The first-order valence-corrected chi connectivity index (χ1v) is 7.95. The van der Waals surface area contributed by atoms with E-state index < -0.39 is 0 Å². The predicted molar refractivity (Wildman–Crippen MR) is 75.2 cm³/mol. The third kappa shape index (κ3) is 2.18. The van der Waals surface area contributed by atoms with E-state index in [1.807, 2.05) is 0 Å². The number of hydrogen-bond donors (Lipinski definition) is 0. The zero-order valence-electron chi connectivity index (χ0n) is 9.94. The Kier molecular flexibility index (Phi) is 3.05. The maximum Gasteiger partial charge on any atom is 0.175 e. The molecule has 1 fully saturated rings. The molecule has 0 aromatic carbocycles. The molecule has 90 valence electrons. The van der Waals surface area contributed by atoms with Crippen molar-refractivity contribution in [3.05, 3.63) is 22.4 Å². The number of ketones is 1. The SMILES string of the molecule is CC1CCCC(C(=O)c2cc3sccc3s2)C1. The Bertz CT molecular complexity index is 509. The molecule has 0 spiro atoms. The molecule has 2 atom stereocenters. The van der Waals surface area contributed by atoms with E-state index in [0.717, 1.165) is 23.6 Å². The molecular weight excluding hydrogens is 248 g/mol. The molecule has 3 heteroatoms. The summed E-state index contributed by atoms with van der Waals surface area (Å²) in [5, 5.41) is 2.10. The second-order valence-electron chi connectivity index (χ2n) is 5.09. The minimum Gasteiger partial charge on any atom is -0.293 e. The van der Waals surface area contributed by atoms with E-state index in [9.17, 15) is 4.79 Å². The van der Waals surface area contributed by atoms with Crippen LogP contribution in [0.2, 0.25) is 0 Å². The Morgan fingerprint density at radius 1 is 1.35 bits per heavy atom. The van der Waals surface area contributed by atoms with Crippen molar-refractivity contribution in [2.24, 2.45) is 11.8 Å². The molecule has 1 aliphatic carbocycles. The summed E-state index contributed by atoms with van der Waals surface area (Å²) >= 11 is 3.40. The Morgan fingerprint density at radius 2 is 2.24 bits per heavy atom. The number of fused-ring (bicyclic) bond motifs is 1. The van der Waals surface area contributed by atoms with E-state index in [0.29, 0.717) is 5.78 Å². The molecule has 1 saturated carbocycles. The fourth-order valence-corrected chi connectivity index (χ4v) is 4.89. The van der Waals surface area contributed by atoms with E-state index in [4.69, 9.17) is 0 Å². The molecule has 17 heavy (non-hydrogen) atoms. The average molecular weight is 264 g/mol. The smallest absolute Gasteiger partial charge is 0.175 e. The van der Waals surface area contributed by atoms with Gasteiger partial charge < -0.3 is 0 Å². The molecule has 2 aromatic heterocycles. The van der Waals surface area contributed by atoms with Gasteiger partial charge in [0.05, 0.1) is 4.88 Å². The molecule has 2 unspecified atom stereocenters. The number of carbonyl (C=O) groups is 1. The molecule has 0 bridgehead atoms. The lowest BCUT2D eigenvalue weighted by Gasteiger charge is -2.25. The summed E-state index contributed by atoms with van der Waals surface area (Å²) in [6, 6.07) is 4.21. The van der Waals surface area contributed by atoms with Crippen LogP contribution < -0.4 is 0 Å². The Morgan fingerprint density at radius 3 is 3.00 bits per heavy atom. The highest BCUT2D eigenvalue weighted by molar-refractivity contribution is 7.27. The minimum absolute atomic E-state index is 0.284. The first-order chi connectivity index (χ1) is 8.24. The fourth-order valence-electron chi connectivity index (χ4n) is 2.76. The van der Waals surface area contributed by atoms with Gasteiger partial charge in [0, 0.05) is 15.3 Å². The molecule has 0 amide bonds. The third-order valence-corrected chi connectivity index (χ3v) is 5.80. The standard InChI is InChI=1S/C14H16OS2/c1-9-3-2-4-10(7-9)14(15)13-8-12-11(17-13)5-6-16-12/h5-6,8-10H,2-4,7H2,1H3. The van der Waals surface area contributed by atoms with Gasteiger partial charge in [-0.25, -0.2) is 0 Å².